The van der Waals surface area contributed by atoms with Crippen LogP contribution in [0.3, 0.4) is 0 Å². The minimum atomic E-state index is -3.08. The van der Waals surface area contributed by atoms with Crippen molar-refractivity contribution in [1.29, 1.82) is 0 Å². The summed E-state index contributed by atoms with van der Waals surface area (Å²) in [5, 5.41) is 11.2. The van der Waals surface area contributed by atoms with E-state index in [1.54, 1.807) is 12.1 Å². The molecule has 7 nitrogen and oxygen atoms in total. The van der Waals surface area contributed by atoms with Gasteiger partial charge in [-0.3, -0.25) is 9.89 Å². The summed E-state index contributed by atoms with van der Waals surface area (Å²) >= 11 is 5.57. The first-order chi connectivity index (χ1) is 13.3. The zero-order chi connectivity index (χ0) is 20.3. The number of ether oxygens (including phenoxy) is 1. The zero-order valence-corrected chi connectivity index (χ0v) is 17.4. The number of halogens is 1. The summed E-state index contributed by atoms with van der Waals surface area (Å²) in [6, 6.07) is 6.70. The average Bonchev–Trinajstić information content (AvgIpc) is 3.10. The molecular formula is C19H24ClN3O4S. The van der Waals surface area contributed by atoms with Crippen LogP contribution in [-0.2, 0) is 25.8 Å². The van der Waals surface area contributed by atoms with Crippen molar-refractivity contribution in [2.24, 2.45) is 5.92 Å². The molecule has 4 rings (SSSR count). The van der Waals surface area contributed by atoms with Gasteiger partial charge in [0.15, 0.2) is 9.84 Å². The summed E-state index contributed by atoms with van der Waals surface area (Å²) < 4.78 is 26.9. The monoisotopic (exact) mass is 425 g/mol. The molecule has 2 N–H and O–H groups in total. The number of carbonyl (C=O) groups is 1. The van der Waals surface area contributed by atoms with Crippen LogP contribution in [0.15, 0.2) is 35.4 Å². The number of rotatable bonds is 3. The van der Waals surface area contributed by atoms with Crippen molar-refractivity contribution in [3.05, 3.63) is 46.7 Å². The summed E-state index contributed by atoms with van der Waals surface area (Å²) in [5.74, 6) is -0.00908. The van der Waals surface area contributed by atoms with E-state index in [4.69, 9.17) is 16.3 Å². The van der Waals surface area contributed by atoms with Crippen molar-refractivity contribution in [3.63, 3.8) is 0 Å². The lowest BCUT2D eigenvalue weighted by Gasteiger charge is -2.38. The predicted octanol–water partition coefficient (Wildman–Crippen LogP) is 2.68. The fraction of sp³-hybridized carbons (Fsp3) is 0.474. The average molecular weight is 426 g/mol. The van der Waals surface area contributed by atoms with Crippen molar-refractivity contribution in [1.82, 2.24) is 15.5 Å². The second-order valence-electron chi connectivity index (χ2n) is 7.07. The Labute approximate surface area is 169 Å². The van der Waals surface area contributed by atoms with Crippen LogP contribution in [0.4, 0.5) is 0 Å². The molecule has 2 aromatic rings. The van der Waals surface area contributed by atoms with Crippen molar-refractivity contribution >= 4 is 27.4 Å². The lowest BCUT2D eigenvalue weighted by molar-refractivity contribution is -0.149. The van der Waals surface area contributed by atoms with Crippen molar-refractivity contribution in [2.45, 2.75) is 43.2 Å². The topological polar surface area (TPSA) is 101 Å². The molecule has 1 saturated heterocycles. The highest BCUT2D eigenvalue weighted by molar-refractivity contribution is 7.90. The standard InChI is InChI=1S/C12H17N3O2.C7H7ClO2S/c1-2-17-12(16)7-3-8-5-11-9(6-13-15-11)10(4-7)14-8;1-11(9,10)7-4-2-6(8)3-5-7/h6-8,10,14H,2-5H2,1H3,(H,13,15);2-5H,1H3. The van der Waals surface area contributed by atoms with E-state index in [-0.39, 0.29) is 17.9 Å². The minimum Gasteiger partial charge on any atom is -0.466 e. The van der Waals surface area contributed by atoms with Crippen molar-refractivity contribution < 1.29 is 17.9 Å². The van der Waals surface area contributed by atoms with Crippen LogP contribution in [0, 0.1) is 5.92 Å². The van der Waals surface area contributed by atoms with Gasteiger partial charge in [0, 0.05) is 41.0 Å². The fourth-order valence-electron chi connectivity index (χ4n) is 3.67. The first-order valence-corrected chi connectivity index (χ1v) is 11.4. The molecule has 2 bridgehead atoms. The number of benzene rings is 1. The van der Waals surface area contributed by atoms with Gasteiger partial charge in [0.05, 0.1) is 23.6 Å². The van der Waals surface area contributed by atoms with Gasteiger partial charge in [0.25, 0.3) is 0 Å². The Kier molecular flexibility index (Phi) is 6.42. The lowest BCUT2D eigenvalue weighted by atomic mass is 9.79. The van der Waals surface area contributed by atoms with E-state index in [2.05, 4.69) is 15.5 Å². The second kappa shape index (κ2) is 8.63. The van der Waals surface area contributed by atoms with Crippen LogP contribution >= 0.6 is 11.6 Å². The van der Waals surface area contributed by atoms with Gasteiger partial charge in [-0.15, -0.1) is 0 Å². The minimum absolute atomic E-state index is 0.0363. The van der Waals surface area contributed by atoms with E-state index < -0.39 is 9.84 Å². The number of carbonyl (C=O) groups excluding carboxylic acids is 1. The molecular weight excluding hydrogens is 402 g/mol. The predicted molar refractivity (Wildman–Crippen MR) is 106 cm³/mol. The van der Waals surface area contributed by atoms with Crippen LogP contribution in [0.25, 0.3) is 0 Å². The van der Waals surface area contributed by atoms with E-state index in [0.29, 0.717) is 22.6 Å². The van der Waals surface area contributed by atoms with Gasteiger partial charge in [-0.25, -0.2) is 8.42 Å². The molecule has 2 aliphatic heterocycles. The van der Waals surface area contributed by atoms with Crippen LogP contribution in [-0.4, -0.2) is 43.5 Å². The van der Waals surface area contributed by atoms with Gasteiger partial charge in [0.1, 0.15) is 0 Å². The Morgan fingerprint density at radius 1 is 1.29 bits per heavy atom. The molecule has 1 aromatic carbocycles. The normalized spacial score (nSPS) is 23.2. The fourth-order valence-corrected chi connectivity index (χ4v) is 4.43. The van der Waals surface area contributed by atoms with E-state index in [1.165, 1.54) is 23.4 Å². The molecule has 152 valence electrons. The first-order valence-electron chi connectivity index (χ1n) is 9.18. The number of sulfone groups is 1. The van der Waals surface area contributed by atoms with Gasteiger partial charge >= 0.3 is 5.97 Å². The van der Waals surface area contributed by atoms with E-state index >= 15 is 0 Å². The number of hydrogen-bond acceptors (Lipinski definition) is 6. The highest BCUT2D eigenvalue weighted by atomic mass is 35.5. The Balaban J connectivity index is 0.000000178. The maximum absolute atomic E-state index is 11.8. The van der Waals surface area contributed by atoms with E-state index in [9.17, 15) is 13.2 Å². The Morgan fingerprint density at radius 2 is 2.00 bits per heavy atom. The SMILES string of the molecule is CCOC(=O)C1CC2Cc3[nH]ncc3C(C1)N2.CS(=O)(=O)c1ccc(Cl)cc1. The maximum atomic E-state index is 11.8. The number of piperidine rings is 1. The molecule has 28 heavy (non-hydrogen) atoms. The van der Waals surface area contributed by atoms with E-state index in [0.717, 1.165) is 25.5 Å². The molecule has 2 aliphatic rings. The third kappa shape index (κ3) is 4.92. The molecule has 3 unspecified atom stereocenters. The summed E-state index contributed by atoms with van der Waals surface area (Å²) in [5.41, 5.74) is 2.44. The largest absolute Gasteiger partial charge is 0.466 e. The van der Waals surface area contributed by atoms with Crippen molar-refractivity contribution in [2.75, 3.05) is 12.9 Å². The summed E-state index contributed by atoms with van der Waals surface area (Å²) in [6.45, 7) is 2.32. The molecule has 0 radical (unpaired) electrons. The maximum Gasteiger partial charge on any atom is 0.309 e. The molecule has 1 fully saturated rings. The number of esters is 1. The summed E-state index contributed by atoms with van der Waals surface area (Å²) in [6.07, 6.45) is 5.66. The number of fused-ring (bicyclic) bond motifs is 4. The van der Waals surface area contributed by atoms with Gasteiger partial charge in [-0.05, 0) is 44.0 Å². The number of aromatic amines is 1. The summed E-state index contributed by atoms with van der Waals surface area (Å²) in [4.78, 5) is 12.1. The Hall–Kier alpha value is -1.90. The summed E-state index contributed by atoms with van der Waals surface area (Å²) in [7, 11) is -3.08. The van der Waals surface area contributed by atoms with Crippen LogP contribution in [0.5, 0.6) is 0 Å². The Morgan fingerprint density at radius 3 is 2.64 bits per heavy atom. The molecule has 0 saturated carbocycles. The smallest absolute Gasteiger partial charge is 0.309 e. The number of nitrogens with zero attached hydrogens (tertiary/aromatic N) is 1. The molecule has 1 aromatic heterocycles. The van der Waals surface area contributed by atoms with Crippen LogP contribution in [0.1, 0.15) is 37.1 Å². The molecule has 3 atom stereocenters. The number of nitrogens with one attached hydrogen (secondary N) is 2. The Bertz CT molecular complexity index is 927. The molecule has 3 heterocycles. The molecule has 9 heteroatoms. The van der Waals surface area contributed by atoms with Gasteiger partial charge in [-0.1, -0.05) is 11.6 Å². The van der Waals surface area contributed by atoms with Gasteiger partial charge in [-0.2, -0.15) is 5.10 Å². The molecule has 0 aliphatic carbocycles. The number of aromatic nitrogens is 2. The third-order valence-electron chi connectivity index (χ3n) is 4.97. The number of hydrogen-bond donors (Lipinski definition) is 2. The molecule has 0 spiro atoms. The van der Waals surface area contributed by atoms with E-state index in [1.807, 2.05) is 13.1 Å². The van der Waals surface area contributed by atoms with Crippen molar-refractivity contribution in [3.8, 4) is 0 Å². The first kappa shape index (κ1) is 20.8. The van der Waals surface area contributed by atoms with Crippen LogP contribution < -0.4 is 5.32 Å². The highest BCUT2D eigenvalue weighted by Crippen LogP contribution is 2.36. The molecule has 0 amide bonds. The quantitative estimate of drug-likeness (QED) is 0.733. The van der Waals surface area contributed by atoms with Gasteiger partial charge < -0.3 is 10.1 Å². The van der Waals surface area contributed by atoms with Crippen LogP contribution in [0.2, 0.25) is 5.02 Å². The second-order valence-corrected chi connectivity index (χ2v) is 9.52. The number of H-pyrrole nitrogens is 1. The highest BCUT2D eigenvalue weighted by Gasteiger charge is 2.38. The van der Waals surface area contributed by atoms with Gasteiger partial charge in [0.2, 0.25) is 0 Å². The zero-order valence-electron chi connectivity index (χ0n) is 15.8. The lowest BCUT2D eigenvalue weighted by Crippen LogP contribution is -2.47. The third-order valence-corrected chi connectivity index (χ3v) is 6.35.